The monoisotopic (exact) mass is 207 g/mol. The maximum absolute atomic E-state index is 5.72. The van der Waals surface area contributed by atoms with Gasteiger partial charge in [0.1, 0.15) is 12.4 Å². The third-order valence-corrected chi connectivity index (χ3v) is 2.55. The molecule has 2 heteroatoms. The van der Waals surface area contributed by atoms with Crippen LogP contribution in [0, 0.1) is 5.41 Å². The van der Waals surface area contributed by atoms with Crippen molar-refractivity contribution in [3.63, 3.8) is 0 Å². The fraction of sp³-hybridized carbons (Fsp3) is 0.538. The molecular weight excluding hydrogens is 186 g/mol. The SMILES string of the molecule is CNC(COc1ccccc1)C(C)(C)C. The van der Waals surface area contributed by atoms with Crippen molar-refractivity contribution < 1.29 is 4.74 Å². The first-order chi connectivity index (χ1) is 7.04. The molecule has 0 fully saturated rings. The molecule has 84 valence electrons. The summed E-state index contributed by atoms with van der Waals surface area (Å²) in [6.07, 6.45) is 0. The minimum atomic E-state index is 0.212. The summed E-state index contributed by atoms with van der Waals surface area (Å²) in [4.78, 5) is 0. The first-order valence-electron chi connectivity index (χ1n) is 5.39. The number of hydrogen-bond donors (Lipinski definition) is 1. The smallest absolute Gasteiger partial charge is 0.119 e. The predicted octanol–water partition coefficient (Wildman–Crippen LogP) is 2.70. The van der Waals surface area contributed by atoms with Crippen LogP contribution in [0.15, 0.2) is 30.3 Å². The molecule has 15 heavy (non-hydrogen) atoms. The second-order valence-corrected chi connectivity index (χ2v) is 4.83. The first kappa shape index (κ1) is 12.1. The Morgan fingerprint density at radius 1 is 1.20 bits per heavy atom. The fourth-order valence-electron chi connectivity index (χ4n) is 1.46. The van der Waals surface area contributed by atoms with Gasteiger partial charge in [0.25, 0.3) is 0 Å². The standard InChI is InChI=1S/C13H21NO/c1-13(2,3)12(14-4)10-15-11-8-6-5-7-9-11/h5-9,12,14H,10H2,1-4H3. The zero-order valence-electron chi connectivity index (χ0n) is 10.1. The van der Waals surface area contributed by atoms with Crippen molar-refractivity contribution in [3.05, 3.63) is 30.3 Å². The molecule has 1 N–H and O–H groups in total. The normalized spacial score (nSPS) is 13.6. The van der Waals surface area contributed by atoms with E-state index >= 15 is 0 Å². The summed E-state index contributed by atoms with van der Waals surface area (Å²) in [7, 11) is 1.98. The maximum Gasteiger partial charge on any atom is 0.119 e. The number of para-hydroxylation sites is 1. The van der Waals surface area contributed by atoms with Gasteiger partial charge in [0.2, 0.25) is 0 Å². The molecule has 0 saturated heterocycles. The van der Waals surface area contributed by atoms with Gasteiger partial charge in [-0.1, -0.05) is 39.0 Å². The van der Waals surface area contributed by atoms with E-state index in [1.165, 1.54) is 0 Å². The van der Waals surface area contributed by atoms with Crippen LogP contribution in [0.4, 0.5) is 0 Å². The number of benzene rings is 1. The van der Waals surface area contributed by atoms with Gasteiger partial charge in [0.15, 0.2) is 0 Å². The Morgan fingerprint density at radius 2 is 1.80 bits per heavy atom. The van der Waals surface area contributed by atoms with Crippen LogP contribution in [0.25, 0.3) is 0 Å². The van der Waals surface area contributed by atoms with Crippen LogP contribution in [0.1, 0.15) is 20.8 Å². The lowest BCUT2D eigenvalue weighted by atomic mass is 9.87. The molecule has 2 nitrogen and oxygen atoms in total. The second kappa shape index (κ2) is 5.17. The Bertz CT molecular complexity index is 276. The number of ether oxygens (including phenoxy) is 1. The molecular formula is C13H21NO. The van der Waals surface area contributed by atoms with Crippen molar-refractivity contribution >= 4 is 0 Å². The summed E-state index contributed by atoms with van der Waals surface area (Å²) in [6.45, 7) is 7.33. The van der Waals surface area contributed by atoms with E-state index in [-0.39, 0.29) is 5.41 Å². The lowest BCUT2D eigenvalue weighted by Crippen LogP contribution is -2.42. The highest BCUT2D eigenvalue weighted by atomic mass is 16.5. The van der Waals surface area contributed by atoms with Crippen LogP contribution in [0.5, 0.6) is 5.75 Å². The van der Waals surface area contributed by atoms with E-state index in [0.29, 0.717) is 12.6 Å². The molecule has 0 bridgehead atoms. The van der Waals surface area contributed by atoms with Crippen LogP contribution < -0.4 is 10.1 Å². The van der Waals surface area contributed by atoms with Crippen LogP contribution in [0.3, 0.4) is 0 Å². The number of nitrogens with one attached hydrogen (secondary N) is 1. The van der Waals surface area contributed by atoms with Crippen molar-refractivity contribution in [1.82, 2.24) is 5.32 Å². The van der Waals surface area contributed by atoms with Crippen LogP contribution in [-0.4, -0.2) is 19.7 Å². The Kier molecular flexibility index (Phi) is 4.15. The van der Waals surface area contributed by atoms with Crippen LogP contribution in [-0.2, 0) is 0 Å². The average molecular weight is 207 g/mol. The Morgan fingerprint density at radius 3 is 2.27 bits per heavy atom. The molecule has 1 aromatic carbocycles. The van der Waals surface area contributed by atoms with Crippen molar-refractivity contribution in [3.8, 4) is 5.75 Å². The van der Waals surface area contributed by atoms with Crippen molar-refractivity contribution in [2.45, 2.75) is 26.8 Å². The lowest BCUT2D eigenvalue weighted by Gasteiger charge is -2.30. The molecule has 0 radical (unpaired) electrons. The molecule has 0 amide bonds. The summed E-state index contributed by atoms with van der Waals surface area (Å²) in [6, 6.07) is 10.3. The van der Waals surface area contributed by atoms with Gasteiger partial charge >= 0.3 is 0 Å². The van der Waals surface area contributed by atoms with Crippen molar-refractivity contribution in [1.29, 1.82) is 0 Å². The molecule has 1 rings (SSSR count). The highest BCUT2D eigenvalue weighted by Crippen LogP contribution is 2.20. The summed E-state index contributed by atoms with van der Waals surface area (Å²) in [5, 5.41) is 3.29. The minimum Gasteiger partial charge on any atom is -0.492 e. The predicted molar refractivity (Wildman–Crippen MR) is 64.2 cm³/mol. The molecule has 0 aromatic heterocycles. The summed E-state index contributed by atoms with van der Waals surface area (Å²) >= 11 is 0. The zero-order valence-corrected chi connectivity index (χ0v) is 10.1. The van der Waals surface area contributed by atoms with Gasteiger partial charge in [-0.3, -0.25) is 0 Å². The van der Waals surface area contributed by atoms with Crippen LogP contribution in [0.2, 0.25) is 0 Å². The van der Waals surface area contributed by atoms with E-state index in [4.69, 9.17) is 4.74 Å². The van der Waals surface area contributed by atoms with Gasteiger partial charge in [-0.15, -0.1) is 0 Å². The van der Waals surface area contributed by atoms with E-state index in [1.54, 1.807) is 0 Å². The largest absolute Gasteiger partial charge is 0.492 e. The quantitative estimate of drug-likeness (QED) is 0.819. The Labute approximate surface area is 92.6 Å². The van der Waals surface area contributed by atoms with Crippen LogP contribution >= 0.6 is 0 Å². The average Bonchev–Trinajstić information content (AvgIpc) is 2.18. The van der Waals surface area contributed by atoms with E-state index < -0.39 is 0 Å². The summed E-state index contributed by atoms with van der Waals surface area (Å²) in [5.41, 5.74) is 0.212. The topological polar surface area (TPSA) is 21.3 Å². The number of hydrogen-bond acceptors (Lipinski definition) is 2. The van der Waals surface area contributed by atoms with E-state index in [0.717, 1.165) is 5.75 Å². The van der Waals surface area contributed by atoms with Gasteiger partial charge in [0.05, 0.1) is 0 Å². The third kappa shape index (κ3) is 3.92. The second-order valence-electron chi connectivity index (χ2n) is 4.83. The molecule has 0 aliphatic heterocycles. The fourth-order valence-corrected chi connectivity index (χ4v) is 1.46. The van der Waals surface area contributed by atoms with E-state index in [9.17, 15) is 0 Å². The van der Waals surface area contributed by atoms with Gasteiger partial charge in [-0.25, -0.2) is 0 Å². The van der Waals surface area contributed by atoms with Gasteiger partial charge in [0, 0.05) is 6.04 Å². The van der Waals surface area contributed by atoms with Crippen molar-refractivity contribution in [2.75, 3.05) is 13.7 Å². The molecule has 0 saturated carbocycles. The summed E-state index contributed by atoms with van der Waals surface area (Å²) < 4.78 is 5.72. The van der Waals surface area contributed by atoms with Gasteiger partial charge in [-0.2, -0.15) is 0 Å². The summed E-state index contributed by atoms with van der Waals surface area (Å²) in [5.74, 6) is 0.932. The van der Waals surface area contributed by atoms with E-state index in [2.05, 4.69) is 26.1 Å². The molecule has 1 aromatic rings. The third-order valence-electron chi connectivity index (χ3n) is 2.55. The van der Waals surface area contributed by atoms with E-state index in [1.807, 2.05) is 37.4 Å². The molecule has 0 aliphatic rings. The Balaban J connectivity index is 2.49. The number of likely N-dealkylation sites (N-methyl/N-ethyl adjacent to an activating group) is 1. The maximum atomic E-state index is 5.72. The Hall–Kier alpha value is -1.02. The first-order valence-corrected chi connectivity index (χ1v) is 5.39. The highest BCUT2D eigenvalue weighted by Gasteiger charge is 2.23. The molecule has 0 aliphatic carbocycles. The zero-order chi connectivity index (χ0) is 11.3. The van der Waals surface area contributed by atoms with Gasteiger partial charge < -0.3 is 10.1 Å². The highest BCUT2D eigenvalue weighted by molar-refractivity contribution is 5.20. The molecule has 1 unspecified atom stereocenters. The number of rotatable bonds is 4. The minimum absolute atomic E-state index is 0.212. The molecule has 0 heterocycles. The van der Waals surface area contributed by atoms with Crippen molar-refractivity contribution in [2.24, 2.45) is 5.41 Å². The molecule has 0 spiro atoms. The molecule has 1 atom stereocenters. The lowest BCUT2D eigenvalue weighted by molar-refractivity contribution is 0.181. The van der Waals surface area contributed by atoms with Gasteiger partial charge in [-0.05, 0) is 24.6 Å².